The molecule has 2 rings (SSSR count). The van der Waals surface area contributed by atoms with E-state index in [0.29, 0.717) is 6.04 Å². The lowest BCUT2D eigenvalue weighted by atomic mass is 10.4. The molecule has 0 radical (unpaired) electrons. The molecule has 0 amide bonds. The van der Waals surface area contributed by atoms with Crippen LogP contribution in [0.5, 0.6) is 0 Å². The smallest absolute Gasteiger partial charge is 0.193 e. The molecule has 1 aromatic rings. The first-order valence-electron chi connectivity index (χ1n) is 5.95. The third-order valence-electron chi connectivity index (χ3n) is 3.06. The van der Waals surface area contributed by atoms with Crippen LogP contribution < -0.4 is 5.32 Å². The minimum atomic E-state index is 0. The summed E-state index contributed by atoms with van der Waals surface area (Å²) in [5.74, 6) is 1.74. The second-order valence-electron chi connectivity index (χ2n) is 4.72. The van der Waals surface area contributed by atoms with Crippen LogP contribution in [-0.2, 0) is 6.54 Å². The molecule has 1 aliphatic carbocycles. The molecule has 2 atom stereocenters. The number of hydrogen-bond donors (Lipinski definition) is 1. The van der Waals surface area contributed by atoms with Crippen LogP contribution in [0.25, 0.3) is 0 Å². The first-order chi connectivity index (χ1) is 8.10. The summed E-state index contributed by atoms with van der Waals surface area (Å²) >= 11 is 1.69. The Kier molecular flexibility index (Phi) is 5.84. The molecule has 1 aliphatic rings. The molecule has 0 saturated heterocycles. The van der Waals surface area contributed by atoms with Gasteiger partial charge in [0.1, 0.15) is 0 Å². The highest BCUT2D eigenvalue weighted by molar-refractivity contribution is 14.0. The summed E-state index contributed by atoms with van der Waals surface area (Å²) in [6.07, 6.45) is 1.25. The van der Waals surface area contributed by atoms with Crippen molar-refractivity contribution in [3.8, 4) is 0 Å². The molecule has 1 saturated carbocycles. The second kappa shape index (κ2) is 6.70. The van der Waals surface area contributed by atoms with Gasteiger partial charge in [0.2, 0.25) is 0 Å². The van der Waals surface area contributed by atoms with Gasteiger partial charge in [0.15, 0.2) is 5.96 Å². The Labute approximate surface area is 130 Å². The number of thiazole rings is 1. The van der Waals surface area contributed by atoms with Gasteiger partial charge in [-0.3, -0.25) is 4.99 Å². The monoisotopic (exact) mass is 380 g/mol. The van der Waals surface area contributed by atoms with Crippen molar-refractivity contribution in [1.82, 2.24) is 15.2 Å². The zero-order valence-corrected chi connectivity index (χ0v) is 14.5. The molecule has 0 bridgehead atoms. The quantitative estimate of drug-likeness (QED) is 0.498. The molecule has 0 spiro atoms. The number of halogens is 1. The Bertz CT molecular complexity index is 418. The molecule has 6 heteroatoms. The maximum atomic E-state index is 4.47. The molecule has 1 aromatic heterocycles. The highest BCUT2D eigenvalue weighted by Crippen LogP contribution is 2.29. The third kappa shape index (κ3) is 4.08. The lowest BCUT2D eigenvalue weighted by molar-refractivity contribution is 0.468. The van der Waals surface area contributed by atoms with Gasteiger partial charge in [-0.05, 0) is 19.3 Å². The van der Waals surface area contributed by atoms with Crippen LogP contribution in [0, 0.1) is 12.8 Å². The van der Waals surface area contributed by atoms with Crippen molar-refractivity contribution in [2.45, 2.75) is 32.9 Å². The number of aryl methyl sites for hydroxylation is 1. The summed E-state index contributed by atoms with van der Waals surface area (Å²) in [6, 6.07) is 0.605. The summed E-state index contributed by atoms with van der Waals surface area (Å²) in [5, 5.41) is 6.70. The van der Waals surface area contributed by atoms with E-state index < -0.39 is 0 Å². The van der Waals surface area contributed by atoms with E-state index in [1.54, 1.807) is 11.3 Å². The van der Waals surface area contributed by atoms with E-state index in [-0.39, 0.29) is 24.0 Å². The van der Waals surface area contributed by atoms with Crippen LogP contribution in [0.1, 0.15) is 24.0 Å². The number of rotatable bonds is 3. The van der Waals surface area contributed by atoms with Crippen LogP contribution >= 0.6 is 35.3 Å². The zero-order valence-electron chi connectivity index (χ0n) is 11.3. The lowest BCUT2D eigenvalue weighted by Gasteiger charge is -2.21. The van der Waals surface area contributed by atoms with Crippen molar-refractivity contribution in [2.75, 3.05) is 14.1 Å². The van der Waals surface area contributed by atoms with Crippen molar-refractivity contribution in [3.63, 3.8) is 0 Å². The van der Waals surface area contributed by atoms with Gasteiger partial charge >= 0.3 is 0 Å². The summed E-state index contributed by atoms with van der Waals surface area (Å²) in [6.45, 7) is 5.10. The molecule has 0 aromatic carbocycles. The third-order valence-corrected chi connectivity index (χ3v) is 3.89. The predicted molar refractivity (Wildman–Crippen MR) is 87.8 cm³/mol. The van der Waals surface area contributed by atoms with E-state index in [4.69, 9.17) is 0 Å². The van der Waals surface area contributed by atoms with Gasteiger partial charge in [0, 0.05) is 25.5 Å². The van der Waals surface area contributed by atoms with Crippen LogP contribution in [-0.4, -0.2) is 36.0 Å². The molecule has 0 aliphatic heterocycles. The highest BCUT2D eigenvalue weighted by atomic mass is 127. The number of nitrogens with one attached hydrogen (secondary N) is 1. The van der Waals surface area contributed by atoms with Crippen molar-refractivity contribution in [2.24, 2.45) is 10.9 Å². The Morgan fingerprint density at radius 2 is 2.33 bits per heavy atom. The number of hydrogen-bond acceptors (Lipinski definition) is 3. The van der Waals surface area contributed by atoms with Crippen LogP contribution in [0.4, 0.5) is 0 Å². The maximum absolute atomic E-state index is 4.47. The second-order valence-corrected chi connectivity index (χ2v) is 5.79. The van der Waals surface area contributed by atoms with Gasteiger partial charge in [-0.1, -0.05) is 6.92 Å². The molecule has 1 heterocycles. The lowest BCUT2D eigenvalue weighted by Crippen LogP contribution is -2.40. The molecule has 1 fully saturated rings. The average molecular weight is 380 g/mol. The Hall–Kier alpha value is -0.370. The molecule has 4 nitrogen and oxygen atoms in total. The summed E-state index contributed by atoms with van der Waals surface area (Å²) in [4.78, 5) is 10.9. The zero-order chi connectivity index (χ0) is 12.4. The standard InChI is InChI=1S/C12H20N4S.HI/c1-8-5-11(8)15-12(13-3)16(4)6-10-7-17-9(2)14-10;/h7-8,11H,5-6H2,1-4H3,(H,13,15);1H. The summed E-state index contributed by atoms with van der Waals surface area (Å²) < 4.78 is 0. The number of aliphatic imine (C=N–C) groups is 1. The molecule has 18 heavy (non-hydrogen) atoms. The largest absolute Gasteiger partial charge is 0.353 e. The van der Waals surface area contributed by atoms with E-state index in [2.05, 4.69) is 39.5 Å². The van der Waals surface area contributed by atoms with Gasteiger partial charge in [0.05, 0.1) is 17.2 Å². The topological polar surface area (TPSA) is 40.5 Å². The number of nitrogens with zero attached hydrogens (tertiary/aromatic N) is 3. The maximum Gasteiger partial charge on any atom is 0.193 e. The number of aromatic nitrogens is 1. The van der Waals surface area contributed by atoms with E-state index in [9.17, 15) is 0 Å². The van der Waals surface area contributed by atoms with Gasteiger partial charge in [-0.15, -0.1) is 35.3 Å². The molecule has 1 N–H and O–H groups in total. The van der Waals surface area contributed by atoms with Gasteiger partial charge in [0.25, 0.3) is 0 Å². The van der Waals surface area contributed by atoms with Crippen LogP contribution in [0.2, 0.25) is 0 Å². The average Bonchev–Trinajstić information content (AvgIpc) is 2.82. The van der Waals surface area contributed by atoms with E-state index in [1.165, 1.54) is 6.42 Å². The van der Waals surface area contributed by atoms with Gasteiger partial charge in [-0.2, -0.15) is 0 Å². The van der Waals surface area contributed by atoms with Crippen molar-refractivity contribution in [3.05, 3.63) is 16.1 Å². The van der Waals surface area contributed by atoms with E-state index in [0.717, 1.165) is 29.1 Å². The van der Waals surface area contributed by atoms with Gasteiger partial charge in [-0.25, -0.2) is 4.98 Å². The van der Waals surface area contributed by atoms with Gasteiger partial charge < -0.3 is 10.2 Å². The highest BCUT2D eigenvalue weighted by Gasteiger charge is 2.33. The van der Waals surface area contributed by atoms with Crippen molar-refractivity contribution >= 4 is 41.3 Å². The van der Waals surface area contributed by atoms with E-state index in [1.807, 2.05) is 14.0 Å². The molecular weight excluding hydrogens is 359 g/mol. The first-order valence-corrected chi connectivity index (χ1v) is 6.83. The van der Waals surface area contributed by atoms with Crippen LogP contribution in [0.15, 0.2) is 10.4 Å². The van der Waals surface area contributed by atoms with Crippen LogP contribution in [0.3, 0.4) is 0 Å². The Morgan fingerprint density at radius 3 is 2.78 bits per heavy atom. The SMILES string of the molecule is CN=C(NC1CC1C)N(C)Cc1csc(C)n1.I. The Morgan fingerprint density at radius 1 is 1.67 bits per heavy atom. The number of guanidine groups is 1. The molecular formula is C12H21IN4S. The minimum Gasteiger partial charge on any atom is -0.353 e. The Balaban J connectivity index is 0.00000162. The van der Waals surface area contributed by atoms with Crippen molar-refractivity contribution < 1.29 is 0 Å². The first kappa shape index (κ1) is 15.7. The minimum absolute atomic E-state index is 0. The fourth-order valence-electron chi connectivity index (χ4n) is 1.83. The van der Waals surface area contributed by atoms with Crippen molar-refractivity contribution in [1.29, 1.82) is 0 Å². The molecule has 102 valence electrons. The normalized spacial score (nSPS) is 22.3. The molecule has 2 unspecified atom stereocenters. The fourth-order valence-corrected chi connectivity index (χ4v) is 2.44. The summed E-state index contributed by atoms with van der Waals surface area (Å²) in [7, 11) is 3.88. The predicted octanol–water partition coefficient (Wildman–Crippen LogP) is 2.49. The van der Waals surface area contributed by atoms with E-state index >= 15 is 0 Å². The summed E-state index contributed by atoms with van der Waals surface area (Å²) in [5.41, 5.74) is 1.11. The fraction of sp³-hybridized carbons (Fsp3) is 0.667.